The Morgan fingerprint density at radius 3 is 2.82 bits per heavy atom. The summed E-state index contributed by atoms with van der Waals surface area (Å²) in [6.45, 7) is 4.82. The molecule has 0 spiro atoms. The van der Waals surface area contributed by atoms with Crippen LogP contribution in [0.15, 0.2) is 42.6 Å². The molecule has 2 aromatic carbocycles. The van der Waals surface area contributed by atoms with Crippen LogP contribution in [0.2, 0.25) is 0 Å². The van der Waals surface area contributed by atoms with Crippen LogP contribution in [0.3, 0.4) is 0 Å². The Morgan fingerprint density at radius 1 is 1.26 bits per heavy atom. The van der Waals surface area contributed by atoms with Crippen molar-refractivity contribution in [2.75, 3.05) is 38.3 Å². The second kappa shape index (κ2) is 11.0. The van der Waals surface area contributed by atoms with Crippen LogP contribution in [0.25, 0.3) is 21.0 Å². The zero-order chi connectivity index (χ0) is 24.2. The number of aromatic nitrogens is 1. The number of fused-ring (bicyclic) bond motifs is 1. The molecule has 0 saturated heterocycles. The van der Waals surface area contributed by atoms with Crippen molar-refractivity contribution in [2.45, 2.75) is 38.8 Å². The van der Waals surface area contributed by atoms with Gasteiger partial charge < -0.3 is 15.0 Å². The van der Waals surface area contributed by atoms with E-state index < -0.39 is 11.0 Å². The molecule has 1 aliphatic rings. The van der Waals surface area contributed by atoms with Crippen LogP contribution in [-0.4, -0.2) is 48.7 Å². The molecule has 8 heteroatoms. The third-order valence-electron chi connectivity index (χ3n) is 5.90. The molecular formula is C26H34N4O2S2. The summed E-state index contributed by atoms with van der Waals surface area (Å²) in [5.74, 6) is 1.49. The Kier molecular flexibility index (Phi) is 8.03. The minimum Gasteiger partial charge on any atom is -0.489 e. The number of hydrogen-bond donors (Lipinski definition) is 2. The highest BCUT2D eigenvalue weighted by Gasteiger charge is 2.26. The fraction of sp³-hybridized carbons (Fsp3) is 0.423. The molecule has 0 saturated carbocycles. The van der Waals surface area contributed by atoms with E-state index in [4.69, 9.17) is 9.72 Å². The Bertz CT molecular complexity index is 1160. The number of anilines is 1. The summed E-state index contributed by atoms with van der Waals surface area (Å²) >= 11 is 1.71. The molecule has 1 aromatic heterocycles. The Hall–Kier alpha value is -2.26. The lowest BCUT2D eigenvalue weighted by atomic mass is 10.0. The number of benzene rings is 2. The monoisotopic (exact) mass is 498 g/mol. The largest absolute Gasteiger partial charge is 0.489 e. The molecule has 2 N–H and O–H groups in total. The Balaban J connectivity index is 1.59. The van der Waals surface area contributed by atoms with Gasteiger partial charge in [-0.15, -0.1) is 11.3 Å². The van der Waals surface area contributed by atoms with E-state index >= 15 is 0 Å². The summed E-state index contributed by atoms with van der Waals surface area (Å²) in [6.07, 6.45) is 4.04. The van der Waals surface area contributed by atoms with Gasteiger partial charge in [0.15, 0.2) is 0 Å². The molecule has 182 valence electrons. The van der Waals surface area contributed by atoms with Crippen LogP contribution in [0.5, 0.6) is 5.75 Å². The molecule has 3 aromatic rings. The third-order valence-corrected chi connectivity index (χ3v) is 8.11. The van der Waals surface area contributed by atoms with Crippen molar-refractivity contribution in [2.24, 2.45) is 0 Å². The Morgan fingerprint density at radius 2 is 2.09 bits per heavy atom. The van der Waals surface area contributed by atoms with Gasteiger partial charge in [-0.25, -0.2) is 13.9 Å². The molecule has 6 nitrogen and oxygen atoms in total. The van der Waals surface area contributed by atoms with Gasteiger partial charge in [-0.05, 0) is 68.6 Å². The normalized spacial score (nSPS) is 16.0. The number of nitrogens with zero attached hydrogens (tertiary/aromatic N) is 2. The molecule has 2 unspecified atom stereocenters. The molecule has 1 heterocycles. The minimum atomic E-state index is -1.04. The van der Waals surface area contributed by atoms with Gasteiger partial charge in [0, 0.05) is 38.4 Å². The number of thiazole rings is 1. The van der Waals surface area contributed by atoms with E-state index in [1.807, 2.05) is 47.3 Å². The summed E-state index contributed by atoms with van der Waals surface area (Å²) in [4.78, 5) is 8.01. The van der Waals surface area contributed by atoms with Gasteiger partial charge in [-0.2, -0.15) is 0 Å². The molecule has 0 bridgehead atoms. The number of hydrogen-bond acceptors (Lipinski definition) is 6. The first kappa shape index (κ1) is 24.9. The maximum atomic E-state index is 12.4. The fourth-order valence-corrected chi connectivity index (χ4v) is 6.34. The molecule has 0 radical (unpaired) electrons. The highest BCUT2D eigenvalue weighted by molar-refractivity contribution is 7.83. The number of nitrogens with one attached hydrogen (secondary N) is 2. The lowest BCUT2D eigenvalue weighted by Gasteiger charge is -2.20. The lowest BCUT2D eigenvalue weighted by molar-refractivity contribution is 0.243. The zero-order valence-corrected chi connectivity index (χ0v) is 22.2. The van der Waals surface area contributed by atoms with E-state index in [9.17, 15) is 4.21 Å². The topological polar surface area (TPSA) is 66.5 Å². The first-order valence-electron chi connectivity index (χ1n) is 11.7. The predicted molar refractivity (Wildman–Crippen MR) is 144 cm³/mol. The van der Waals surface area contributed by atoms with Crippen LogP contribution in [-0.2, 0) is 17.4 Å². The maximum Gasteiger partial charge on any atom is 0.143 e. The van der Waals surface area contributed by atoms with Crippen LogP contribution in [0.4, 0.5) is 5.69 Å². The SMILES string of the molecule is CNCCS(=O)NC1CCc2c(-c3cnc(-c4ccc(OC(C)C)c(N(C)C)c4)s3)cccc21. The highest BCUT2D eigenvalue weighted by atomic mass is 32.2. The van der Waals surface area contributed by atoms with Crippen molar-refractivity contribution in [1.82, 2.24) is 15.0 Å². The van der Waals surface area contributed by atoms with Gasteiger partial charge in [0.25, 0.3) is 0 Å². The highest BCUT2D eigenvalue weighted by Crippen LogP contribution is 2.42. The molecule has 0 aliphatic heterocycles. The summed E-state index contributed by atoms with van der Waals surface area (Å²) in [5, 5.41) is 4.05. The van der Waals surface area contributed by atoms with Gasteiger partial charge in [-0.3, -0.25) is 0 Å². The van der Waals surface area contributed by atoms with Crippen LogP contribution < -0.4 is 19.7 Å². The smallest absolute Gasteiger partial charge is 0.143 e. The predicted octanol–water partition coefficient (Wildman–Crippen LogP) is 4.79. The maximum absolute atomic E-state index is 12.4. The molecule has 2 atom stereocenters. The van der Waals surface area contributed by atoms with Crippen LogP contribution >= 0.6 is 11.3 Å². The van der Waals surface area contributed by atoms with E-state index in [2.05, 4.69) is 45.3 Å². The quantitative estimate of drug-likeness (QED) is 0.421. The third kappa shape index (κ3) is 5.51. The summed E-state index contributed by atoms with van der Waals surface area (Å²) in [5.41, 5.74) is 5.97. The van der Waals surface area contributed by atoms with Crippen molar-refractivity contribution in [3.05, 3.63) is 53.7 Å². The lowest BCUT2D eigenvalue weighted by Crippen LogP contribution is -2.27. The zero-order valence-electron chi connectivity index (χ0n) is 20.6. The Labute approximate surface area is 209 Å². The van der Waals surface area contributed by atoms with E-state index in [1.165, 1.54) is 16.7 Å². The molecule has 34 heavy (non-hydrogen) atoms. The van der Waals surface area contributed by atoms with Gasteiger partial charge in [-0.1, -0.05) is 18.2 Å². The fourth-order valence-electron chi connectivity index (χ4n) is 4.31. The number of ether oxygens (including phenoxy) is 1. The van der Waals surface area contributed by atoms with E-state index in [1.54, 1.807) is 11.3 Å². The second-order valence-corrected chi connectivity index (χ2v) is 11.4. The minimum absolute atomic E-state index is 0.121. The van der Waals surface area contributed by atoms with Crippen molar-refractivity contribution in [3.63, 3.8) is 0 Å². The average Bonchev–Trinajstić information content (AvgIpc) is 3.45. The first-order valence-corrected chi connectivity index (χ1v) is 13.9. The van der Waals surface area contributed by atoms with E-state index in [0.29, 0.717) is 5.75 Å². The van der Waals surface area contributed by atoms with E-state index in [0.717, 1.165) is 46.3 Å². The second-order valence-electron chi connectivity index (χ2n) is 9.01. The summed E-state index contributed by atoms with van der Waals surface area (Å²) < 4.78 is 21.7. The molecule has 0 amide bonds. The van der Waals surface area contributed by atoms with Gasteiger partial charge in [0.2, 0.25) is 0 Å². The van der Waals surface area contributed by atoms with Crippen molar-refractivity contribution < 1.29 is 8.95 Å². The molecular weight excluding hydrogens is 464 g/mol. The first-order chi connectivity index (χ1) is 16.4. The van der Waals surface area contributed by atoms with E-state index in [-0.39, 0.29) is 12.1 Å². The van der Waals surface area contributed by atoms with Crippen molar-refractivity contribution in [1.29, 1.82) is 0 Å². The van der Waals surface area contributed by atoms with Crippen LogP contribution in [0.1, 0.15) is 37.4 Å². The van der Waals surface area contributed by atoms with Crippen molar-refractivity contribution >= 4 is 28.0 Å². The van der Waals surface area contributed by atoms with Crippen molar-refractivity contribution in [3.8, 4) is 26.8 Å². The molecule has 1 aliphatic carbocycles. The van der Waals surface area contributed by atoms with Gasteiger partial charge in [0.05, 0.1) is 33.4 Å². The molecule has 4 rings (SSSR count). The van der Waals surface area contributed by atoms with Gasteiger partial charge in [0.1, 0.15) is 10.8 Å². The average molecular weight is 499 g/mol. The number of rotatable bonds is 10. The standard InChI is InChI=1S/C26H34N4O2S2/c1-17(2)32-24-12-9-18(15-23(24)30(4)5)26-28-16-25(33-26)21-8-6-7-20-19(21)10-11-22(20)29-34(31)14-13-27-3/h6-9,12,15-17,22,27,29H,10-11,13-14H2,1-5H3. The summed E-state index contributed by atoms with van der Waals surface area (Å²) in [6, 6.07) is 12.9. The van der Waals surface area contributed by atoms with Crippen LogP contribution in [0, 0.1) is 0 Å². The molecule has 0 fully saturated rings. The summed E-state index contributed by atoms with van der Waals surface area (Å²) in [7, 11) is 4.91. The van der Waals surface area contributed by atoms with Gasteiger partial charge >= 0.3 is 0 Å².